The van der Waals surface area contributed by atoms with Crippen LogP contribution in [-0.4, -0.2) is 29.2 Å². The van der Waals surface area contributed by atoms with Gasteiger partial charge in [-0.25, -0.2) is 9.38 Å². The second kappa shape index (κ2) is 7.45. The van der Waals surface area contributed by atoms with Crippen molar-refractivity contribution in [1.29, 1.82) is 5.26 Å². The number of nitrogens with zero attached hydrogens (tertiary/aromatic N) is 4. The SMILES string of the molecule is CC(C)(C#N)COc1cc(F)c2c(c1)C1(COC(N)=N1)c1cc(-c3cnccn3)ccc1O2. The van der Waals surface area contributed by atoms with Gasteiger partial charge < -0.3 is 19.9 Å². The average molecular weight is 445 g/mol. The van der Waals surface area contributed by atoms with Gasteiger partial charge in [0, 0.05) is 35.2 Å². The first-order chi connectivity index (χ1) is 15.8. The first kappa shape index (κ1) is 20.7. The van der Waals surface area contributed by atoms with E-state index in [1.807, 2.05) is 12.1 Å². The zero-order valence-electron chi connectivity index (χ0n) is 18.0. The van der Waals surface area contributed by atoms with Gasteiger partial charge in [0.2, 0.25) is 0 Å². The van der Waals surface area contributed by atoms with Gasteiger partial charge in [-0.3, -0.25) is 9.97 Å². The van der Waals surface area contributed by atoms with Crippen LogP contribution in [-0.2, 0) is 10.3 Å². The minimum Gasteiger partial charge on any atom is -0.492 e. The van der Waals surface area contributed by atoms with E-state index in [0.717, 1.165) is 5.56 Å². The summed E-state index contributed by atoms with van der Waals surface area (Å²) in [6, 6.07) is 10.5. The van der Waals surface area contributed by atoms with Crippen LogP contribution in [0.15, 0.2) is 53.9 Å². The molecule has 2 aliphatic heterocycles. The molecule has 0 aliphatic carbocycles. The average Bonchev–Trinajstić information content (AvgIpc) is 3.21. The van der Waals surface area contributed by atoms with Gasteiger partial charge in [0.15, 0.2) is 17.1 Å². The maximum atomic E-state index is 15.2. The smallest absolute Gasteiger partial charge is 0.283 e. The summed E-state index contributed by atoms with van der Waals surface area (Å²) in [5.74, 6) is 0.117. The van der Waals surface area contributed by atoms with Crippen LogP contribution in [0.3, 0.4) is 0 Å². The fourth-order valence-corrected chi connectivity index (χ4v) is 3.87. The van der Waals surface area contributed by atoms with Crippen molar-refractivity contribution in [2.75, 3.05) is 13.2 Å². The van der Waals surface area contributed by atoms with Gasteiger partial charge in [-0.05, 0) is 38.1 Å². The van der Waals surface area contributed by atoms with E-state index in [1.165, 1.54) is 6.07 Å². The van der Waals surface area contributed by atoms with Crippen molar-refractivity contribution in [3.8, 4) is 34.6 Å². The summed E-state index contributed by atoms with van der Waals surface area (Å²) in [6.45, 7) is 3.64. The van der Waals surface area contributed by atoms with Gasteiger partial charge in [0.25, 0.3) is 6.02 Å². The molecule has 0 amide bonds. The predicted octanol–water partition coefficient (Wildman–Crippen LogP) is 3.91. The Bertz CT molecular complexity index is 1320. The van der Waals surface area contributed by atoms with Gasteiger partial charge >= 0.3 is 0 Å². The number of ether oxygens (including phenoxy) is 3. The highest BCUT2D eigenvalue weighted by Gasteiger charge is 2.48. The van der Waals surface area contributed by atoms with Crippen LogP contribution in [0.2, 0.25) is 0 Å². The fourth-order valence-electron chi connectivity index (χ4n) is 3.87. The molecule has 3 aromatic rings. The molecule has 2 aromatic carbocycles. The molecule has 2 aliphatic rings. The molecule has 0 saturated carbocycles. The van der Waals surface area contributed by atoms with E-state index in [1.54, 1.807) is 44.6 Å². The molecule has 1 atom stereocenters. The summed E-state index contributed by atoms with van der Waals surface area (Å²) in [6.07, 6.45) is 4.85. The summed E-state index contributed by atoms with van der Waals surface area (Å²) in [7, 11) is 0. The topological polar surface area (TPSA) is 116 Å². The Labute approximate surface area is 189 Å². The summed E-state index contributed by atoms with van der Waals surface area (Å²) >= 11 is 0. The summed E-state index contributed by atoms with van der Waals surface area (Å²) in [5, 5.41) is 9.26. The number of aliphatic imine (C=N–C) groups is 1. The summed E-state index contributed by atoms with van der Waals surface area (Å²) < 4.78 is 32.5. The third-order valence-corrected chi connectivity index (χ3v) is 5.59. The molecular weight excluding hydrogens is 425 g/mol. The third kappa shape index (κ3) is 3.49. The third-order valence-electron chi connectivity index (χ3n) is 5.59. The fraction of sp³-hybridized carbons (Fsp3) is 0.250. The Balaban J connectivity index is 1.65. The quantitative estimate of drug-likeness (QED) is 0.647. The molecule has 8 nitrogen and oxygen atoms in total. The number of rotatable bonds is 4. The first-order valence-electron chi connectivity index (χ1n) is 10.3. The van der Waals surface area contributed by atoms with Gasteiger partial charge in [-0.15, -0.1) is 0 Å². The van der Waals surface area contributed by atoms with Crippen molar-refractivity contribution < 1.29 is 18.6 Å². The number of nitriles is 1. The van der Waals surface area contributed by atoms with E-state index >= 15 is 4.39 Å². The Morgan fingerprint density at radius 1 is 1.24 bits per heavy atom. The van der Waals surface area contributed by atoms with Gasteiger partial charge in [-0.1, -0.05) is 0 Å². The maximum absolute atomic E-state index is 15.2. The molecule has 9 heteroatoms. The van der Waals surface area contributed by atoms with Crippen molar-refractivity contribution in [3.05, 3.63) is 65.9 Å². The van der Waals surface area contributed by atoms with Crippen molar-refractivity contribution in [2.24, 2.45) is 16.1 Å². The van der Waals surface area contributed by atoms with Crippen LogP contribution >= 0.6 is 0 Å². The van der Waals surface area contributed by atoms with E-state index in [9.17, 15) is 5.26 Å². The van der Waals surface area contributed by atoms with E-state index in [2.05, 4.69) is 21.0 Å². The van der Waals surface area contributed by atoms with Crippen LogP contribution in [0, 0.1) is 22.6 Å². The largest absolute Gasteiger partial charge is 0.492 e. The zero-order chi connectivity index (χ0) is 23.2. The van der Waals surface area contributed by atoms with Crippen molar-refractivity contribution in [2.45, 2.75) is 19.4 Å². The molecule has 5 rings (SSSR count). The normalized spacial score (nSPS) is 18.4. The zero-order valence-corrected chi connectivity index (χ0v) is 18.0. The van der Waals surface area contributed by atoms with Crippen molar-refractivity contribution in [3.63, 3.8) is 0 Å². The van der Waals surface area contributed by atoms with Crippen LogP contribution in [0.5, 0.6) is 17.2 Å². The number of nitrogens with two attached hydrogens (primary N) is 1. The van der Waals surface area contributed by atoms with Gasteiger partial charge in [-0.2, -0.15) is 5.26 Å². The monoisotopic (exact) mass is 445 g/mol. The number of hydrogen-bond donors (Lipinski definition) is 1. The molecule has 1 unspecified atom stereocenters. The summed E-state index contributed by atoms with van der Waals surface area (Å²) in [4.78, 5) is 13.1. The van der Waals surface area contributed by atoms with Crippen LogP contribution in [0.1, 0.15) is 25.0 Å². The minimum atomic E-state index is -1.13. The molecule has 0 saturated heterocycles. The van der Waals surface area contributed by atoms with Crippen LogP contribution in [0.4, 0.5) is 4.39 Å². The number of amidine groups is 1. The lowest BCUT2D eigenvalue weighted by molar-refractivity contribution is 0.223. The van der Waals surface area contributed by atoms with E-state index in [-0.39, 0.29) is 30.7 Å². The second-order valence-electron chi connectivity index (χ2n) is 8.57. The maximum Gasteiger partial charge on any atom is 0.283 e. The number of halogens is 1. The molecule has 0 radical (unpaired) electrons. The van der Waals surface area contributed by atoms with Gasteiger partial charge in [0.1, 0.15) is 24.7 Å². The van der Waals surface area contributed by atoms with Crippen molar-refractivity contribution in [1.82, 2.24) is 9.97 Å². The lowest BCUT2D eigenvalue weighted by Gasteiger charge is -2.34. The molecule has 1 aromatic heterocycles. The van der Waals surface area contributed by atoms with E-state index in [0.29, 0.717) is 22.6 Å². The molecular formula is C24H20FN5O3. The highest BCUT2D eigenvalue weighted by atomic mass is 19.1. The Hall–Kier alpha value is -4.19. The first-order valence-corrected chi connectivity index (χ1v) is 10.3. The van der Waals surface area contributed by atoms with Gasteiger partial charge in [0.05, 0.1) is 23.4 Å². The molecule has 33 heavy (non-hydrogen) atoms. The number of aromatic nitrogens is 2. The number of fused-ring (bicyclic) bond motifs is 4. The molecule has 2 N–H and O–H groups in total. The summed E-state index contributed by atoms with van der Waals surface area (Å²) in [5.41, 5.74) is 6.59. The van der Waals surface area contributed by atoms with E-state index < -0.39 is 16.8 Å². The van der Waals surface area contributed by atoms with Crippen molar-refractivity contribution >= 4 is 6.02 Å². The second-order valence-corrected chi connectivity index (χ2v) is 8.57. The Morgan fingerprint density at radius 3 is 2.79 bits per heavy atom. The Kier molecular flexibility index (Phi) is 4.67. The highest BCUT2D eigenvalue weighted by molar-refractivity contribution is 5.77. The molecule has 3 heterocycles. The van der Waals surface area contributed by atoms with Crippen LogP contribution in [0.25, 0.3) is 11.3 Å². The lowest BCUT2D eigenvalue weighted by atomic mass is 9.80. The standard InChI is InChI=1S/C24H20FN5O3/c1-23(2,11-26)12-31-15-8-17-21(18(25)9-15)33-20-4-3-14(19-10-28-5-6-29-19)7-16(20)24(17)13-32-22(27)30-24/h3-10H,12-13H2,1-2H3,(H2,27,30). The predicted molar refractivity (Wildman–Crippen MR) is 117 cm³/mol. The number of benzene rings is 2. The minimum absolute atomic E-state index is 0.00366. The molecule has 1 spiro atoms. The molecule has 0 fully saturated rings. The molecule has 0 bridgehead atoms. The van der Waals surface area contributed by atoms with Crippen LogP contribution < -0.4 is 15.2 Å². The number of hydrogen-bond acceptors (Lipinski definition) is 8. The highest BCUT2D eigenvalue weighted by Crippen LogP contribution is 2.53. The Morgan fingerprint density at radius 2 is 2.09 bits per heavy atom. The van der Waals surface area contributed by atoms with E-state index in [4.69, 9.17) is 19.9 Å². The molecule has 166 valence electrons. The lowest BCUT2D eigenvalue weighted by Crippen LogP contribution is -2.31.